The van der Waals surface area contributed by atoms with Gasteiger partial charge in [-0.15, -0.1) is 0 Å². The number of hydrogen-bond donors (Lipinski definition) is 0. The van der Waals surface area contributed by atoms with E-state index in [4.69, 9.17) is 0 Å². The summed E-state index contributed by atoms with van der Waals surface area (Å²) >= 11 is 2.94. The normalized spacial score (nSPS) is 8.75. The zero-order valence-corrected chi connectivity index (χ0v) is 4.63. The Bertz CT molecular complexity index is 20.0. The van der Waals surface area contributed by atoms with Crippen molar-refractivity contribution in [2.24, 2.45) is 0 Å². The zero-order chi connectivity index (χ0) is 3.41. The van der Waals surface area contributed by atoms with Gasteiger partial charge >= 0.3 is 37.6 Å². The Morgan fingerprint density at radius 1 is 2.00 bits per heavy atom. The molecule has 0 saturated heterocycles. The summed E-state index contributed by atoms with van der Waals surface area (Å²) < 4.78 is 0. The molecule has 0 aromatic carbocycles. The maximum absolute atomic E-state index is 3.55. The van der Waals surface area contributed by atoms with Crippen molar-refractivity contribution in [1.82, 2.24) is 0 Å². The molecule has 0 heterocycles. The molecule has 0 bridgehead atoms. The van der Waals surface area contributed by atoms with Gasteiger partial charge in [-0.2, -0.15) is 0 Å². The number of rotatable bonds is 1. The van der Waals surface area contributed by atoms with Crippen LogP contribution in [-0.4, -0.2) is 6.16 Å². The summed E-state index contributed by atoms with van der Waals surface area (Å²) in [6, 6.07) is 0. The predicted molar refractivity (Wildman–Crippen MR) is 17.1 cm³/mol. The van der Waals surface area contributed by atoms with Gasteiger partial charge in [-0.3, -0.25) is 0 Å². The minimum absolute atomic E-state index is 0.975. The van der Waals surface area contributed by atoms with Gasteiger partial charge in [0.25, 0.3) is 0 Å². The third kappa shape index (κ3) is 2.96. The van der Waals surface area contributed by atoms with Crippen LogP contribution < -0.4 is 0 Å². The first kappa shape index (κ1) is 4.96. The van der Waals surface area contributed by atoms with Crippen LogP contribution in [0.3, 0.4) is 0 Å². The molecule has 0 aliphatic heterocycles. The Hall–Kier alpha value is 0.962. The van der Waals surface area contributed by atoms with Gasteiger partial charge in [-0.05, 0) is 0 Å². The molecule has 0 rings (SSSR count). The fraction of sp³-hybridized carbons (Fsp3) is 0.500. The van der Waals surface area contributed by atoms with E-state index >= 15 is 0 Å². The molecule has 0 spiro atoms. The van der Waals surface area contributed by atoms with Gasteiger partial charge in [-0.25, -0.2) is 0 Å². The van der Waals surface area contributed by atoms with Gasteiger partial charge in [0.2, 0.25) is 0 Å². The van der Waals surface area contributed by atoms with Crippen molar-refractivity contribution >= 4 is 6.31 Å². The number of hydrogen-bond acceptors (Lipinski definition) is 0. The average molecular weight is 165 g/mol. The summed E-state index contributed by atoms with van der Waals surface area (Å²) in [7, 11) is 0. The average Bonchev–Trinajstić information content (AvgIpc) is 1.37. The molecule has 0 aromatic rings. The van der Waals surface area contributed by atoms with E-state index in [1.54, 1.807) is 0 Å². The molecule has 0 amide bonds. The summed E-state index contributed by atoms with van der Waals surface area (Å²) in [5.41, 5.74) is 0. The van der Waals surface area contributed by atoms with Crippen LogP contribution in [0.15, 0.2) is 0 Å². The van der Waals surface area contributed by atoms with E-state index in [9.17, 15) is 0 Å². The minimum atomic E-state index is 0.975. The molecule has 0 fully saturated rings. The van der Waals surface area contributed by atoms with E-state index in [0.717, 1.165) is 6.16 Å². The van der Waals surface area contributed by atoms with Crippen LogP contribution in [0.5, 0.6) is 0 Å². The molecule has 0 saturated carbocycles. The first-order valence-electron chi connectivity index (χ1n) is 0.958. The van der Waals surface area contributed by atoms with Crippen molar-refractivity contribution in [3.63, 3.8) is 0 Å². The molecule has 2 heteroatoms. The SMILES string of the molecule is [CH2-]C[P]=[Pd]. The van der Waals surface area contributed by atoms with Crippen LogP contribution in [0.4, 0.5) is 0 Å². The van der Waals surface area contributed by atoms with Crippen molar-refractivity contribution in [1.29, 1.82) is 0 Å². The fourth-order valence-electron chi connectivity index (χ4n) is 0. The second-order valence-electron chi connectivity index (χ2n) is 0.324. The predicted octanol–water partition coefficient (Wildman–Crippen LogP) is 1.23. The van der Waals surface area contributed by atoms with Crippen molar-refractivity contribution in [3.8, 4) is 0 Å². The summed E-state index contributed by atoms with van der Waals surface area (Å²) in [5, 5.41) is 0. The van der Waals surface area contributed by atoms with E-state index in [0.29, 0.717) is 0 Å². The second-order valence-corrected chi connectivity index (χ2v) is 2.45. The Balaban J connectivity index is 2.30. The molecule has 0 unspecified atom stereocenters. The summed E-state index contributed by atoms with van der Waals surface area (Å²) in [6.45, 7) is 3.55. The molecule has 0 radical (unpaired) electrons. The molecule has 0 aliphatic carbocycles. The van der Waals surface area contributed by atoms with Crippen LogP contribution in [0, 0.1) is 6.92 Å². The Kier molecular flexibility index (Phi) is 4.92. The summed E-state index contributed by atoms with van der Waals surface area (Å²) in [4.78, 5) is 0. The molecule has 0 N–H and O–H groups in total. The third-order valence-corrected chi connectivity index (χ3v) is 1.25. The molecular formula is C2H4PPd-. The monoisotopic (exact) mass is 165 g/mol. The topological polar surface area (TPSA) is 0 Å². The summed E-state index contributed by atoms with van der Waals surface area (Å²) in [5.74, 6) is 0. The third-order valence-electron chi connectivity index (χ3n) is 0.0707. The summed E-state index contributed by atoms with van der Waals surface area (Å²) in [6.07, 6.45) is 2.21. The van der Waals surface area contributed by atoms with Crippen LogP contribution in [0.2, 0.25) is 0 Å². The van der Waals surface area contributed by atoms with Crippen molar-refractivity contribution in [2.75, 3.05) is 6.16 Å². The van der Waals surface area contributed by atoms with Gasteiger partial charge in [0.1, 0.15) is 0 Å². The Morgan fingerprint density at radius 2 is 2.25 bits per heavy atom. The molecule has 28 valence electrons. The van der Waals surface area contributed by atoms with Gasteiger partial charge in [0, 0.05) is 0 Å². The molecule has 0 aliphatic rings. The first-order chi connectivity index (χ1) is 1.91. The van der Waals surface area contributed by atoms with Crippen LogP contribution in [0.25, 0.3) is 0 Å². The van der Waals surface area contributed by atoms with E-state index < -0.39 is 0 Å². The maximum atomic E-state index is 3.55. The van der Waals surface area contributed by atoms with E-state index in [1.807, 2.05) is 0 Å². The van der Waals surface area contributed by atoms with Gasteiger partial charge in [0.15, 0.2) is 0 Å². The zero-order valence-electron chi connectivity index (χ0n) is 2.18. The molecule has 0 atom stereocenters. The van der Waals surface area contributed by atoms with Crippen LogP contribution >= 0.6 is 6.31 Å². The first-order valence-corrected chi connectivity index (χ1v) is 3.96. The van der Waals surface area contributed by atoms with Gasteiger partial charge < -0.3 is 0 Å². The van der Waals surface area contributed by atoms with Crippen molar-refractivity contribution in [3.05, 3.63) is 6.92 Å². The van der Waals surface area contributed by atoms with E-state index in [-0.39, 0.29) is 0 Å². The van der Waals surface area contributed by atoms with Gasteiger partial charge in [-0.1, -0.05) is 0 Å². The van der Waals surface area contributed by atoms with E-state index in [2.05, 4.69) is 25.1 Å². The fourth-order valence-corrected chi connectivity index (χ4v) is 0. The molecule has 4 heavy (non-hydrogen) atoms. The molecule has 0 nitrogen and oxygen atoms in total. The Morgan fingerprint density at radius 3 is 2.25 bits per heavy atom. The molecule has 0 aromatic heterocycles. The Labute approximate surface area is 38.1 Å². The van der Waals surface area contributed by atoms with Crippen molar-refractivity contribution < 1.29 is 18.2 Å². The molecular weight excluding hydrogens is 161 g/mol. The van der Waals surface area contributed by atoms with Crippen molar-refractivity contribution in [2.45, 2.75) is 0 Å². The standard InChI is InChI=1S/C2H4P.Pd/c1-2-3;/h1-2H2;/q-1;. The van der Waals surface area contributed by atoms with Crippen LogP contribution in [0.1, 0.15) is 0 Å². The van der Waals surface area contributed by atoms with Gasteiger partial charge in [0.05, 0.1) is 0 Å². The quantitative estimate of drug-likeness (QED) is 0.311. The van der Waals surface area contributed by atoms with Crippen LogP contribution in [-0.2, 0) is 18.2 Å². The second kappa shape index (κ2) is 3.96. The van der Waals surface area contributed by atoms with E-state index in [1.165, 1.54) is 6.31 Å².